The Kier molecular flexibility index (Phi) is 6.85. The van der Waals surface area contributed by atoms with Gasteiger partial charge in [0.25, 0.3) is 0 Å². The van der Waals surface area contributed by atoms with Crippen LogP contribution in [0.15, 0.2) is 24.3 Å². The molecule has 1 aromatic rings. The lowest BCUT2D eigenvalue weighted by molar-refractivity contribution is -0.0170. The smallest absolute Gasteiger partial charge is 0.412 e. The van der Waals surface area contributed by atoms with E-state index < -0.39 is 24.0 Å². The normalized spacial score (nSPS) is 15.0. The van der Waals surface area contributed by atoms with Gasteiger partial charge in [0.05, 0.1) is 0 Å². The third kappa shape index (κ3) is 6.22. The predicted octanol–water partition coefficient (Wildman–Crippen LogP) is 3.07. The van der Waals surface area contributed by atoms with Gasteiger partial charge in [-0.3, -0.25) is 5.32 Å². The highest BCUT2D eigenvalue weighted by Crippen LogP contribution is 2.19. The van der Waals surface area contributed by atoms with E-state index in [-0.39, 0.29) is 6.61 Å². The molecule has 1 aromatic carbocycles. The van der Waals surface area contributed by atoms with Crippen molar-refractivity contribution in [1.82, 2.24) is 10.2 Å². The number of nitrogens with zero attached hydrogens (tertiary/aromatic N) is 1. The van der Waals surface area contributed by atoms with Crippen molar-refractivity contribution in [1.29, 1.82) is 0 Å². The van der Waals surface area contributed by atoms with Gasteiger partial charge in [-0.25, -0.2) is 9.59 Å². The summed E-state index contributed by atoms with van der Waals surface area (Å²) in [5.41, 5.74) is 1.72. The number of amides is 2. The van der Waals surface area contributed by atoms with Crippen LogP contribution in [0.1, 0.15) is 38.8 Å². The van der Waals surface area contributed by atoms with Gasteiger partial charge >= 0.3 is 12.2 Å². The number of alkyl carbamates (subject to hydrolysis) is 1. The summed E-state index contributed by atoms with van der Waals surface area (Å²) in [6.45, 7) is 8.69. The summed E-state index contributed by atoms with van der Waals surface area (Å²) >= 11 is 0. The summed E-state index contributed by atoms with van der Waals surface area (Å²) in [6, 6.07) is 8.02. The Balaban J connectivity index is 1.94. The van der Waals surface area contributed by atoms with Gasteiger partial charge in [0.1, 0.15) is 12.2 Å². The second-order valence-electron chi connectivity index (χ2n) is 7.12. The van der Waals surface area contributed by atoms with Crippen LogP contribution in [0.4, 0.5) is 9.59 Å². The average Bonchev–Trinajstić information content (AvgIpc) is 2.57. The number of carbonyl (C=O) groups is 2. The van der Waals surface area contributed by atoms with E-state index in [9.17, 15) is 9.59 Å². The van der Waals surface area contributed by atoms with Crippen molar-refractivity contribution in [3.8, 4) is 0 Å². The fourth-order valence-corrected chi connectivity index (χ4v) is 2.62. The Morgan fingerprint density at radius 1 is 1.23 bits per heavy atom. The van der Waals surface area contributed by atoms with E-state index in [1.807, 2.05) is 25.1 Å². The largest absolute Gasteiger partial charge is 0.444 e. The van der Waals surface area contributed by atoms with Gasteiger partial charge in [-0.15, -0.1) is 0 Å². The molecule has 1 unspecified atom stereocenters. The van der Waals surface area contributed by atoms with E-state index in [1.165, 1.54) is 5.56 Å². The highest BCUT2D eigenvalue weighted by atomic mass is 16.6. The highest BCUT2D eigenvalue weighted by Gasteiger charge is 2.26. The van der Waals surface area contributed by atoms with Gasteiger partial charge in [0.15, 0.2) is 0 Å². The zero-order chi connectivity index (χ0) is 19.2. The highest BCUT2D eigenvalue weighted by molar-refractivity contribution is 5.70. The number of ether oxygens (including phenoxy) is 3. The van der Waals surface area contributed by atoms with Crippen molar-refractivity contribution >= 4 is 12.2 Å². The van der Waals surface area contributed by atoms with Gasteiger partial charge in [0, 0.05) is 19.7 Å². The van der Waals surface area contributed by atoms with Crippen molar-refractivity contribution in [3.05, 3.63) is 35.4 Å². The zero-order valence-corrected chi connectivity index (χ0v) is 15.9. The fourth-order valence-electron chi connectivity index (χ4n) is 2.62. The van der Waals surface area contributed by atoms with E-state index in [1.54, 1.807) is 25.7 Å². The Hall–Kier alpha value is -2.28. The Bertz CT molecular complexity index is 627. The van der Waals surface area contributed by atoms with E-state index in [0.29, 0.717) is 19.7 Å². The first-order chi connectivity index (χ1) is 12.3. The van der Waals surface area contributed by atoms with Crippen molar-refractivity contribution in [3.63, 3.8) is 0 Å². The van der Waals surface area contributed by atoms with Crippen molar-refractivity contribution in [2.24, 2.45) is 0 Å². The van der Waals surface area contributed by atoms with Crippen LogP contribution in [0, 0.1) is 0 Å². The monoisotopic (exact) mass is 364 g/mol. The van der Waals surface area contributed by atoms with Crippen LogP contribution in [0.2, 0.25) is 0 Å². The predicted molar refractivity (Wildman–Crippen MR) is 96.7 cm³/mol. The number of hydrogen-bond donors (Lipinski definition) is 1. The van der Waals surface area contributed by atoms with Crippen LogP contribution >= 0.6 is 0 Å². The molecule has 0 aromatic heterocycles. The van der Waals surface area contributed by atoms with E-state index in [4.69, 9.17) is 14.2 Å². The molecule has 144 valence electrons. The quantitative estimate of drug-likeness (QED) is 0.813. The minimum absolute atomic E-state index is 0.0614. The maximum absolute atomic E-state index is 12.5. The first-order valence-corrected chi connectivity index (χ1v) is 8.88. The molecular weight excluding hydrogens is 336 g/mol. The van der Waals surface area contributed by atoms with Crippen LogP contribution in [0.5, 0.6) is 0 Å². The lowest BCUT2D eigenvalue weighted by Crippen LogP contribution is -2.47. The molecule has 2 amide bonds. The zero-order valence-electron chi connectivity index (χ0n) is 15.9. The van der Waals surface area contributed by atoms with Crippen LogP contribution in [0.25, 0.3) is 0 Å². The maximum Gasteiger partial charge on any atom is 0.412 e. The molecule has 1 atom stereocenters. The van der Waals surface area contributed by atoms with Gasteiger partial charge in [-0.2, -0.15) is 0 Å². The van der Waals surface area contributed by atoms with Crippen LogP contribution in [-0.4, -0.2) is 48.7 Å². The fraction of sp³-hybridized carbons (Fsp3) is 0.579. The van der Waals surface area contributed by atoms with Crippen molar-refractivity contribution in [2.75, 3.05) is 19.8 Å². The second kappa shape index (κ2) is 8.89. The molecule has 0 spiro atoms. The third-order valence-electron chi connectivity index (χ3n) is 3.78. The lowest BCUT2D eigenvalue weighted by Gasteiger charge is -2.30. The molecule has 0 saturated carbocycles. The molecule has 7 heteroatoms. The molecule has 1 heterocycles. The number of nitrogens with one attached hydrogen (secondary N) is 1. The molecule has 0 saturated heterocycles. The number of fused-ring (bicyclic) bond motifs is 1. The van der Waals surface area contributed by atoms with Gasteiger partial charge in [-0.05, 0) is 45.2 Å². The molecule has 1 aliphatic heterocycles. The van der Waals surface area contributed by atoms with Crippen LogP contribution in [-0.2, 0) is 27.2 Å². The molecule has 26 heavy (non-hydrogen) atoms. The van der Waals surface area contributed by atoms with Gasteiger partial charge < -0.3 is 19.1 Å². The molecule has 0 bridgehead atoms. The summed E-state index contributed by atoms with van der Waals surface area (Å²) in [5, 5.41) is 2.54. The molecule has 1 N–H and O–H groups in total. The van der Waals surface area contributed by atoms with E-state index in [2.05, 4.69) is 11.4 Å². The summed E-state index contributed by atoms with van der Waals surface area (Å²) in [5.74, 6) is 0. The Labute approximate surface area is 154 Å². The molecule has 0 aliphatic carbocycles. The number of benzene rings is 1. The SMILES string of the molecule is CCOCC(NC(=O)OC(C)(C)C)OC(=O)N1CCc2ccccc2C1. The number of carbonyl (C=O) groups excluding carboxylic acids is 2. The maximum atomic E-state index is 12.5. The van der Waals surface area contributed by atoms with E-state index >= 15 is 0 Å². The van der Waals surface area contributed by atoms with Crippen LogP contribution < -0.4 is 5.32 Å². The average molecular weight is 364 g/mol. The summed E-state index contributed by atoms with van der Waals surface area (Å²) in [4.78, 5) is 26.1. The van der Waals surface area contributed by atoms with Gasteiger partial charge in [0.2, 0.25) is 6.23 Å². The molecule has 0 radical (unpaired) electrons. The topological polar surface area (TPSA) is 77.1 Å². The molecule has 7 nitrogen and oxygen atoms in total. The van der Waals surface area contributed by atoms with Crippen LogP contribution in [0.3, 0.4) is 0 Å². The summed E-state index contributed by atoms with van der Waals surface area (Å²) in [7, 11) is 0. The Morgan fingerprint density at radius 2 is 1.92 bits per heavy atom. The number of hydrogen-bond acceptors (Lipinski definition) is 5. The summed E-state index contributed by atoms with van der Waals surface area (Å²) in [6.07, 6.45) is -1.27. The van der Waals surface area contributed by atoms with E-state index in [0.717, 1.165) is 12.0 Å². The summed E-state index contributed by atoms with van der Waals surface area (Å²) < 4.78 is 16.0. The minimum atomic E-state index is -0.908. The van der Waals surface area contributed by atoms with Crippen molar-refractivity contribution in [2.45, 2.75) is 52.5 Å². The Morgan fingerprint density at radius 3 is 2.58 bits per heavy atom. The first kappa shape index (κ1) is 20.0. The molecule has 2 rings (SSSR count). The molecular formula is C19H28N2O5. The standard InChI is InChI=1S/C19H28N2O5/c1-5-24-13-16(20-17(22)26-19(2,3)4)25-18(23)21-11-10-14-8-6-7-9-15(14)12-21/h6-9,16H,5,10-13H2,1-4H3,(H,20,22). The van der Waals surface area contributed by atoms with Crippen molar-refractivity contribution < 1.29 is 23.8 Å². The first-order valence-electron chi connectivity index (χ1n) is 8.88. The number of rotatable bonds is 5. The molecule has 1 aliphatic rings. The molecule has 0 fully saturated rings. The lowest BCUT2D eigenvalue weighted by atomic mass is 10.0. The second-order valence-corrected chi connectivity index (χ2v) is 7.12. The minimum Gasteiger partial charge on any atom is -0.444 e. The van der Waals surface area contributed by atoms with Gasteiger partial charge in [-0.1, -0.05) is 24.3 Å². The third-order valence-corrected chi connectivity index (χ3v) is 3.78.